The first kappa shape index (κ1) is 13.0. The topological polar surface area (TPSA) is 66.4 Å². The smallest absolute Gasteiger partial charge is 0.308 e. The zero-order chi connectivity index (χ0) is 12.1. The van der Waals surface area contributed by atoms with Gasteiger partial charge in [-0.15, -0.1) is 0 Å². The van der Waals surface area contributed by atoms with Gasteiger partial charge in [0.15, 0.2) is 0 Å². The molecule has 0 radical (unpaired) electrons. The number of aliphatic carboxylic acids is 1. The summed E-state index contributed by atoms with van der Waals surface area (Å²) in [6, 6.07) is -0.158. The molecule has 16 heavy (non-hydrogen) atoms. The molecule has 0 aromatic heterocycles. The van der Waals surface area contributed by atoms with Gasteiger partial charge in [0.25, 0.3) is 0 Å². The van der Waals surface area contributed by atoms with Gasteiger partial charge in [0.05, 0.1) is 5.92 Å². The Morgan fingerprint density at radius 1 is 1.44 bits per heavy atom. The van der Waals surface area contributed by atoms with Crippen LogP contribution in [0.5, 0.6) is 0 Å². The number of amides is 1. The third-order valence-electron chi connectivity index (χ3n) is 3.41. The highest BCUT2D eigenvalue weighted by molar-refractivity contribution is 5.78. The van der Waals surface area contributed by atoms with Crippen molar-refractivity contribution < 1.29 is 14.7 Å². The van der Waals surface area contributed by atoms with Crippen LogP contribution in [0.4, 0.5) is 0 Å². The van der Waals surface area contributed by atoms with Gasteiger partial charge in [-0.25, -0.2) is 0 Å². The van der Waals surface area contributed by atoms with Crippen molar-refractivity contribution in [2.75, 3.05) is 0 Å². The predicted octanol–water partition coefficient (Wildman–Crippen LogP) is 1.79. The SMILES string of the molecule is CCC(C)CC(=O)N[C@@H]1CCC[C@@H]1C(=O)O. The summed E-state index contributed by atoms with van der Waals surface area (Å²) in [5.41, 5.74) is 0. The van der Waals surface area contributed by atoms with Crippen LogP contribution in [0.1, 0.15) is 46.0 Å². The van der Waals surface area contributed by atoms with Crippen molar-refractivity contribution >= 4 is 11.9 Å². The Labute approximate surface area is 96.4 Å². The number of carbonyl (C=O) groups excluding carboxylic acids is 1. The Hall–Kier alpha value is -1.06. The van der Waals surface area contributed by atoms with Gasteiger partial charge in [0, 0.05) is 12.5 Å². The summed E-state index contributed by atoms with van der Waals surface area (Å²) in [6.45, 7) is 4.08. The van der Waals surface area contributed by atoms with E-state index in [0.717, 1.165) is 19.3 Å². The lowest BCUT2D eigenvalue weighted by Crippen LogP contribution is -2.40. The Balaban J connectivity index is 2.41. The monoisotopic (exact) mass is 227 g/mol. The van der Waals surface area contributed by atoms with E-state index in [0.29, 0.717) is 18.8 Å². The standard InChI is InChI=1S/C12H21NO3/c1-3-8(2)7-11(14)13-10-6-4-5-9(10)12(15)16/h8-10H,3-7H2,1-2H3,(H,13,14)(H,15,16)/t8?,9-,10+/m0/s1. The maximum Gasteiger partial charge on any atom is 0.308 e. The van der Waals surface area contributed by atoms with Crippen LogP contribution >= 0.6 is 0 Å². The number of carboxylic acids is 1. The second-order valence-corrected chi connectivity index (χ2v) is 4.77. The Bertz CT molecular complexity index is 265. The number of nitrogens with one attached hydrogen (secondary N) is 1. The minimum atomic E-state index is -0.786. The van der Waals surface area contributed by atoms with E-state index in [1.807, 2.05) is 13.8 Å². The molecular weight excluding hydrogens is 206 g/mol. The molecule has 0 aliphatic heterocycles. The van der Waals surface area contributed by atoms with E-state index in [9.17, 15) is 9.59 Å². The number of carboxylic acid groups (broad SMARTS) is 1. The van der Waals surface area contributed by atoms with Crippen LogP contribution < -0.4 is 5.32 Å². The van der Waals surface area contributed by atoms with E-state index >= 15 is 0 Å². The molecule has 1 rings (SSSR count). The first-order valence-corrected chi connectivity index (χ1v) is 6.06. The Kier molecular flexibility index (Phi) is 4.77. The molecule has 92 valence electrons. The van der Waals surface area contributed by atoms with Crippen LogP contribution in [0.15, 0.2) is 0 Å². The van der Waals surface area contributed by atoms with Crippen molar-refractivity contribution in [2.45, 2.75) is 52.0 Å². The van der Waals surface area contributed by atoms with E-state index in [2.05, 4.69) is 5.32 Å². The molecule has 0 aromatic carbocycles. The third kappa shape index (κ3) is 3.51. The number of hydrogen-bond acceptors (Lipinski definition) is 2. The lowest BCUT2D eigenvalue weighted by molar-refractivity contribution is -0.142. The van der Waals surface area contributed by atoms with Crippen LogP contribution in [0.2, 0.25) is 0 Å². The molecule has 0 spiro atoms. The second kappa shape index (κ2) is 5.87. The summed E-state index contributed by atoms with van der Waals surface area (Å²) in [5.74, 6) is -0.815. The van der Waals surface area contributed by atoms with Gasteiger partial charge in [-0.05, 0) is 18.8 Å². The lowest BCUT2D eigenvalue weighted by atomic mass is 10.0. The summed E-state index contributed by atoms with van der Waals surface area (Å²) in [5, 5.41) is 11.8. The van der Waals surface area contributed by atoms with E-state index in [1.165, 1.54) is 0 Å². The highest BCUT2D eigenvalue weighted by Gasteiger charge is 2.33. The Morgan fingerprint density at radius 3 is 2.69 bits per heavy atom. The molecule has 3 atom stereocenters. The molecule has 4 heteroatoms. The Morgan fingerprint density at radius 2 is 2.12 bits per heavy atom. The summed E-state index contributed by atoms with van der Waals surface area (Å²) in [7, 11) is 0. The fraction of sp³-hybridized carbons (Fsp3) is 0.833. The fourth-order valence-corrected chi connectivity index (χ4v) is 2.15. The van der Waals surface area contributed by atoms with Crippen LogP contribution in [-0.4, -0.2) is 23.0 Å². The van der Waals surface area contributed by atoms with Gasteiger partial charge < -0.3 is 10.4 Å². The van der Waals surface area contributed by atoms with E-state index in [-0.39, 0.29) is 17.9 Å². The molecule has 1 amide bonds. The quantitative estimate of drug-likeness (QED) is 0.752. The maximum absolute atomic E-state index is 11.6. The van der Waals surface area contributed by atoms with E-state index < -0.39 is 5.97 Å². The average Bonchev–Trinajstić information content (AvgIpc) is 2.65. The molecule has 1 saturated carbocycles. The highest BCUT2D eigenvalue weighted by atomic mass is 16.4. The molecule has 0 bridgehead atoms. The maximum atomic E-state index is 11.6. The first-order valence-electron chi connectivity index (χ1n) is 6.06. The highest BCUT2D eigenvalue weighted by Crippen LogP contribution is 2.26. The van der Waals surface area contributed by atoms with Gasteiger partial charge in [-0.3, -0.25) is 9.59 Å². The normalized spacial score (nSPS) is 26.4. The molecule has 0 aromatic rings. The zero-order valence-electron chi connectivity index (χ0n) is 10.0. The van der Waals surface area contributed by atoms with Gasteiger partial charge >= 0.3 is 5.97 Å². The van der Waals surface area contributed by atoms with Crippen molar-refractivity contribution in [1.82, 2.24) is 5.32 Å². The summed E-state index contributed by atoms with van der Waals surface area (Å²) in [6.07, 6.45) is 3.85. The van der Waals surface area contributed by atoms with Crippen LogP contribution in [0, 0.1) is 11.8 Å². The minimum Gasteiger partial charge on any atom is -0.481 e. The van der Waals surface area contributed by atoms with E-state index in [1.54, 1.807) is 0 Å². The van der Waals surface area contributed by atoms with Crippen LogP contribution in [0.25, 0.3) is 0 Å². The molecule has 0 heterocycles. The molecular formula is C12H21NO3. The van der Waals surface area contributed by atoms with Gasteiger partial charge in [0.1, 0.15) is 0 Å². The number of hydrogen-bond donors (Lipinski definition) is 2. The lowest BCUT2D eigenvalue weighted by Gasteiger charge is -2.18. The third-order valence-corrected chi connectivity index (χ3v) is 3.41. The number of rotatable bonds is 5. The molecule has 1 aliphatic carbocycles. The van der Waals surface area contributed by atoms with Crippen LogP contribution in [-0.2, 0) is 9.59 Å². The molecule has 1 fully saturated rings. The zero-order valence-corrected chi connectivity index (χ0v) is 10.0. The van der Waals surface area contributed by atoms with Crippen LogP contribution in [0.3, 0.4) is 0 Å². The van der Waals surface area contributed by atoms with Gasteiger partial charge in [-0.2, -0.15) is 0 Å². The fourth-order valence-electron chi connectivity index (χ4n) is 2.15. The second-order valence-electron chi connectivity index (χ2n) is 4.77. The average molecular weight is 227 g/mol. The summed E-state index contributed by atoms with van der Waals surface area (Å²) < 4.78 is 0. The van der Waals surface area contributed by atoms with Crippen molar-refractivity contribution in [3.05, 3.63) is 0 Å². The van der Waals surface area contributed by atoms with Crippen molar-refractivity contribution in [2.24, 2.45) is 11.8 Å². The predicted molar refractivity (Wildman–Crippen MR) is 61.0 cm³/mol. The largest absolute Gasteiger partial charge is 0.481 e. The minimum absolute atomic E-state index is 0.00694. The summed E-state index contributed by atoms with van der Waals surface area (Å²) >= 11 is 0. The summed E-state index contributed by atoms with van der Waals surface area (Å²) in [4.78, 5) is 22.6. The molecule has 2 N–H and O–H groups in total. The van der Waals surface area contributed by atoms with E-state index in [4.69, 9.17) is 5.11 Å². The molecule has 1 unspecified atom stereocenters. The van der Waals surface area contributed by atoms with Gasteiger partial charge in [0.2, 0.25) is 5.91 Å². The first-order chi connectivity index (χ1) is 7.54. The van der Waals surface area contributed by atoms with Crippen molar-refractivity contribution in [3.63, 3.8) is 0 Å². The van der Waals surface area contributed by atoms with Crippen molar-refractivity contribution in [3.8, 4) is 0 Å². The van der Waals surface area contributed by atoms with Crippen molar-refractivity contribution in [1.29, 1.82) is 0 Å². The number of carbonyl (C=O) groups is 2. The molecule has 0 saturated heterocycles. The molecule has 4 nitrogen and oxygen atoms in total. The van der Waals surface area contributed by atoms with Gasteiger partial charge in [-0.1, -0.05) is 26.7 Å². The molecule has 1 aliphatic rings.